The molecule has 0 fully saturated rings. The first-order chi connectivity index (χ1) is 7.89. The number of nitrogens with zero attached hydrogens (tertiary/aromatic N) is 1. The van der Waals surface area contributed by atoms with E-state index in [1.807, 2.05) is 26.8 Å². The van der Waals surface area contributed by atoms with Gasteiger partial charge in [0, 0.05) is 19.1 Å². The molecule has 0 heterocycles. The number of aryl methyl sites for hydroxylation is 1. The molecule has 1 aromatic rings. The molecular formula is C12H20N2O2S. The van der Waals surface area contributed by atoms with Gasteiger partial charge in [-0.25, -0.2) is 8.42 Å². The first kappa shape index (κ1) is 14.2. The number of hydrogen-bond acceptors (Lipinski definition) is 3. The molecule has 0 aromatic heterocycles. The van der Waals surface area contributed by atoms with Gasteiger partial charge in [-0.3, -0.25) is 0 Å². The molecule has 0 unspecified atom stereocenters. The number of hydrogen-bond donors (Lipinski definition) is 1. The number of nitrogens with two attached hydrogens (primary N) is 1. The van der Waals surface area contributed by atoms with Gasteiger partial charge < -0.3 is 5.73 Å². The zero-order chi connectivity index (χ0) is 13.1. The van der Waals surface area contributed by atoms with Crippen molar-refractivity contribution in [2.24, 2.45) is 5.73 Å². The molecular weight excluding hydrogens is 236 g/mol. The Morgan fingerprint density at radius 3 is 2.47 bits per heavy atom. The van der Waals surface area contributed by atoms with Crippen LogP contribution < -0.4 is 5.73 Å². The van der Waals surface area contributed by atoms with Gasteiger partial charge in [-0.2, -0.15) is 4.31 Å². The molecule has 0 aliphatic rings. The molecule has 0 spiro atoms. The monoisotopic (exact) mass is 256 g/mol. The second-order valence-corrected chi connectivity index (χ2v) is 6.21. The molecule has 96 valence electrons. The van der Waals surface area contributed by atoms with E-state index >= 15 is 0 Å². The van der Waals surface area contributed by atoms with Crippen LogP contribution in [0.3, 0.4) is 0 Å². The minimum absolute atomic E-state index is 0.0935. The van der Waals surface area contributed by atoms with Gasteiger partial charge in [-0.15, -0.1) is 0 Å². The van der Waals surface area contributed by atoms with Crippen LogP contribution in [0, 0.1) is 6.92 Å². The predicted molar refractivity (Wildman–Crippen MR) is 69.3 cm³/mol. The van der Waals surface area contributed by atoms with Crippen LogP contribution in [0.15, 0.2) is 29.2 Å². The largest absolute Gasteiger partial charge is 0.329 e. The van der Waals surface area contributed by atoms with Gasteiger partial charge in [0.1, 0.15) is 0 Å². The Labute approximate surface area is 103 Å². The second kappa shape index (κ2) is 5.62. The van der Waals surface area contributed by atoms with Gasteiger partial charge in [0.2, 0.25) is 10.0 Å². The van der Waals surface area contributed by atoms with Crippen molar-refractivity contribution in [3.8, 4) is 0 Å². The van der Waals surface area contributed by atoms with E-state index in [0.717, 1.165) is 5.56 Å². The maximum Gasteiger partial charge on any atom is 0.243 e. The summed E-state index contributed by atoms with van der Waals surface area (Å²) in [5.41, 5.74) is 6.40. The molecule has 0 aliphatic carbocycles. The lowest BCUT2D eigenvalue weighted by Gasteiger charge is -2.25. The van der Waals surface area contributed by atoms with Crippen LogP contribution in [0.2, 0.25) is 0 Å². The lowest BCUT2D eigenvalue weighted by molar-refractivity contribution is 0.361. The van der Waals surface area contributed by atoms with Crippen molar-refractivity contribution in [2.75, 3.05) is 13.1 Å². The maximum absolute atomic E-state index is 12.4. The highest BCUT2D eigenvalue weighted by Crippen LogP contribution is 2.18. The van der Waals surface area contributed by atoms with Gasteiger partial charge in [0.05, 0.1) is 4.90 Å². The molecule has 0 aliphatic heterocycles. The Morgan fingerprint density at radius 2 is 2.00 bits per heavy atom. The number of rotatable bonds is 5. The maximum atomic E-state index is 12.4. The summed E-state index contributed by atoms with van der Waals surface area (Å²) in [7, 11) is -3.43. The summed E-state index contributed by atoms with van der Waals surface area (Å²) in [6, 6.07) is 6.84. The molecule has 1 aromatic carbocycles. The van der Waals surface area contributed by atoms with Crippen molar-refractivity contribution in [1.82, 2.24) is 4.31 Å². The molecule has 0 atom stereocenters. The van der Waals surface area contributed by atoms with Crippen LogP contribution in [0.1, 0.15) is 19.4 Å². The Balaban J connectivity index is 3.16. The molecule has 5 heteroatoms. The van der Waals surface area contributed by atoms with Crippen LogP contribution in [0.4, 0.5) is 0 Å². The van der Waals surface area contributed by atoms with E-state index in [9.17, 15) is 8.42 Å². The third kappa shape index (κ3) is 3.28. The van der Waals surface area contributed by atoms with E-state index in [1.54, 1.807) is 18.2 Å². The predicted octanol–water partition coefficient (Wildman–Crippen LogP) is 1.35. The van der Waals surface area contributed by atoms with Gasteiger partial charge in [0.25, 0.3) is 0 Å². The molecule has 17 heavy (non-hydrogen) atoms. The van der Waals surface area contributed by atoms with E-state index < -0.39 is 10.0 Å². The molecule has 0 saturated carbocycles. The Morgan fingerprint density at radius 1 is 1.35 bits per heavy atom. The van der Waals surface area contributed by atoms with E-state index in [2.05, 4.69) is 0 Å². The molecule has 0 saturated heterocycles. The summed E-state index contributed by atoms with van der Waals surface area (Å²) >= 11 is 0. The van der Waals surface area contributed by atoms with Crippen molar-refractivity contribution >= 4 is 10.0 Å². The van der Waals surface area contributed by atoms with Crippen LogP contribution in [-0.2, 0) is 10.0 Å². The van der Waals surface area contributed by atoms with Gasteiger partial charge in [0.15, 0.2) is 0 Å². The zero-order valence-corrected chi connectivity index (χ0v) is 11.4. The van der Waals surface area contributed by atoms with Crippen molar-refractivity contribution < 1.29 is 8.42 Å². The van der Waals surface area contributed by atoms with Crippen molar-refractivity contribution in [2.45, 2.75) is 31.7 Å². The molecule has 2 N–H and O–H groups in total. The van der Waals surface area contributed by atoms with E-state index in [0.29, 0.717) is 18.0 Å². The third-order valence-corrected chi connectivity index (χ3v) is 4.59. The fraction of sp³-hybridized carbons (Fsp3) is 0.500. The molecule has 0 radical (unpaired) electrons. The average molecular weight is 256 g/mol. The van der Waals surface area contributed by atoms with E-state index in [-0.39, 0.29) is 6.04 Å². The van der Waals surface area contributed by atoms with Gasteiger partial charge >= 0.3 is 0 Å². The Bertz CT molecular complexity index is 469. The highest BCUT2D eigenvalue weighted by molar-refractivity contribution is 7.89. The normalized spacial score (nSPS) is 12.4. The number of sulfonamides is 1. The van der Waals surface area contributed by atoms with Gasteiger partial charge in [-0.1, -0.05) is 12.1 Å². The van der Waals surface area contributed by atoms with Gasteiger partial charge in [-0.05, 0) is 38.5 Å². The van der Waals surface area contributed by atoms with Crippen molar-refractivity contribution in [1.29, 1.82) is 0 Å². The fourth-order valence-corrected chi connectivity index (χ4v) is 3.45. The highest BCUT2D eigenvalue weighted by Gasteiger charge is 2.26. The molecule has 1 rings (SSSR count). The summed E-state index contributed by atoms with van der Waals surface area (Å²) < 4.78 is 26.2. The minimum atomic E-state index is -3.43. The van der Waals surface area contributed by atoms with Crippen LogP contribution in [-0.4, -0.2) is 31.9 Å². The first-order valence-electron chi connectivity index (χ1n) is 5.68. The summed E-state index contributed by atoms with van der Waals surface area (Å²) in [6.07, 6.45) is 0. The SMILES string of the molecule is Cc1cccc(S(=O)(=O)N(CCN)C(C)C)c1. The Kier molecular flexibility index (Phi) is 4.68. The molecule has 4 nitrogen and oxygen atoms in total. The lowest BCUT2D eigenvalue weighted by Crippen LogP contribution is -2.40. The average Bonchev–Trinajstić information content (AvgIpc) is 2.25. The van der Waals surface area contributed by atoms with E-state index in [4.69, 9.17) is 5.73 Å². The minimum Gasteiger partial charge on any atom is -0.329 e. The zero-order valence-electron chi connectivity index (χ0n) is 10.6. The smallest absolute Gasteiger partial charge is 0.243 e. The topological polar surface area (TPSA) is 63.4 Å². The van der Waals surface area contributed by atoms with E-state index in [1.165, 1.54) is 4.31 Å². The Hall–Kier alpha value is -0.910. The lowest BCUT2D eigenvalue weighted by atomic mass is 10.2. The van der Waals surface area contributed by atoms with Crippen LogP contribution in [0.25, 0.3) is 0 Å². The second-order valence-electron chi connectivity index (χ2n) is 4.31. The van der Waals surface area contributed by atoms with Crippen molar-refractivity contribution in [3.63, 3.8) is 0 Å². The summed E-state index contributed by atoms with van der Waals surface area (Å²) in [4.78, 5) is 0.333. The third-order valence-electron chi connectivity index (χ3n) is 2.52. The highest BCUT2D eigenvalue weighted by atomic mass is 32.2. The fourth-order valence-electron chi connectivity index (χ4n) is 1.69. The van der Waals surface area contributed by atoms with Crippen LogP contribution >= 0.6 is 0 Å². The quantitative estimate of drug-likeness (QED) is 0.865. The molecule has 0 bridgehead atoms. The first-order valence-corrected chi connectivity index (χ1v) is 7.12. The summed E-state index contributed by atoms with van der Waals surface area (Å²) in [5, 5.41) is 0. The standard InChI is InChI=1S/C12H20N2O2S/c1-10(2)14(8-7-13)17(15,16)12-6-4-5-11(3)9-12/h4-6,9-10H,7-8,13H2,1-3H3. The van der Waals surface area contributed by atoms with Crippen LogP contribution in [0.5, 0.6) is 0 Å². The number of benzene rings is 1. The van der Waals surface area contributed by atoms with Crippen molar-refractivity contribution in [3.05, 3.63) is 29.8 Å². The summed E-state index contributed by atoms with van der Waals surface area (Å²) in [6.45, 7) is 6.24. The summed E-state index contributed by atoms with van der Waals surface area (Å²) in [5.74, 6) is 0. The molecule has 0 amide bonds.